The summed E-state index contributed by atoms with van der Waals surface area (Å²) in [6.45, 7) is 4.85. The molecule has 0 radical (unpaired) electrons. The number of carbonyl (C=O) groups is 1. The van der Waals surface area contributed by atoms with Crippen molar-refractivity contribution in [2.75, 3.05) is 40.9 Å². The fourth-order valence-corrected chi connectivity index (χ4v) is 12.1. The molecule has 0 aromatic heterocycles. The summed E-state index contributed by atoms with van der Waals surface area (Å²) < 4.78 is 23.8. The maximum absolute atomic E-state index is 13.0. The van der Waals surface area contributed by atoms with Crippen molar-refractivity contribution in [1.82, 2.24) is 5.32 Å². The second kappa shape index (κ2) is 65.2. The number of likely N-dealkylation sites (N-methyl/N-ethyl adjacent to an activating group) is 1. The van der Waals surface area contributed by atoms with Crippen LogP contribution in [0.25, 0.3) is 0 Å². The molecule has 9 heteroatoms. The van der Waals surface area contributed by atoms with Crippen LogP contribution < -0.4 is 5.32 Å². The van der Waals surface area contributed by atoms with Gasteiger partial charge in [-0.25, -0.2) is 4.57 Å². The van der Waals surface area contributed by atoms with Gasteiger partial charge in [0.15, 0.2) is 0 Å². The smallest absolute Gasteiger partial charge is 0.387 e. The fraction of sp³-hybridized carbons (Fsp3) is 0.905. The highest BCUT2D eigenvalue weighted by Crippen LogP contribution is 2.43. The Kier molecular flexibility index (Phi) is 64.2. The van der Waals surface area contributed by atoms with Gasteiger partial charge in [-0.3, -0.25) is 13.8 Å². The van der Waals surface area contributed by atoms with E-state index in [1.165, 1.54) is 315 Å². The van der Waals surface area contributed by atoms with Gasteiger partial charge in [0.05, 0.1) is 39.9 Å². The molecule has 0 heterocycles. The maximum atomic E-state index is 13.0. The highest BCUT2D eigenvalue weighted by atomic mass is 31.2. The number of allylic oxidation sites excluding steroid dienone is 5. The molecule has 0 saturated carbocycles. The maximum Gasteiger partial charge on any atom is 0.472 e. The van der Waals surface area contributed by atoms with Gasteiger partial charge in [0.1, 0.15) is 13.2 Å². The van der Waals surface area contributed by atoms with Crippen LogP contribution in [0.2, 0.25) is 0 Å². The lowest BCUT2D eigenvalue weighted by molar-refractivity contribution is -0.870. The average Bonchev–Trinajstić information content (AvgIpc) is 3.49. The highest BCUT2D eigenvalue weighted by Gasteiger charge is 2.28. The lowest BCUT2D eigenvalue weighted by Crippen LogP contribution is -2.45. The number of hydrogen-bond acceptors (Lipinski definition) is 5. The lowest BCUT2D eigenvalue weighted by atomic mass is 10.0. The SMILES string of the molecule is CCCCCCCCCCCCCCC/C=C/CC/C=C/CC/C=C/C(O)C(COP(=O)(O)OCC[N+](C)(C)C)NC(=O)CCCCCCCCCCCCCCCCCCCCCCCCCCCCCCCCCCCCCCCC. The number of unbranched alkanes of at least 4 members (excludes halogenated alkanes) is 52. The van der Waals surface area contributed by atoms with Crippen LogP contribution in [0, 0.1) is 0 Å². The predicted octanol–water partition coefficient (Wildman–Crippen LogP) is 23.6. The topological polar surface area (TPSA) is 105 Å². The van der Waals surface area contributed by atoms with Crippen LogP contribution in [-0.2, 0) is 18.4 Å². The van der Waals surface area contributed by atoms with E-state index >= 15 is 0 Å². The zero-order valence-electron chi connectivity index (χ0n) is 56.5. The van der Waals surface area contributed by atoms with E-state index in [4.69, 9.17) is 9.05 Å². The van der Waals surface area contributed by atoms with Crippen molar-refractivity contribution in [2.45, 2.75) is 392 Å². The van der Waals surface area contributed by atoms with Crippen molar-refractivity contribution in [1.29, 1.82) is 0 Å². The normalized spacial score (nSPS) is 13.8. The number of quaternary nitrogens is 1. The first-order valence-electron chi connectivity index (χ1n) is 36.9. The van der Waals surface area contributed by atoms with Gasteiger partial charge >= 0.3 is 7.82 Å². The molecule has 0 aliphatic rings. The van der Waals surface area contributed by atoms with Crippen molar-refractivity contribution in [3.05, 3.63) is 36.5 Å². The van der Waals surface area contributed by atoms with Crippen LogP contribution in [0.4, 0.5) is 0 Å². The van der Waals surface area contributed by atoms with Gasteiger partial charge in [-0.2, -0.15) is 0 Å². The number of phosphoric ester groups is 1. The van der Waals surface area contributed by atoms with E-state index in [9.17, 15) is 19.4 Å². The Hall–Kier alpha value is -1.28. The van der Waals surface area contributed by atoms with Gasteiger partial charge in [0, 0.05) is 6.42 Å². The molecular formula is C74H146N2O6P+. The Balaban J connectivity index is 3.97. The molecule has 0 aromatic rings. The molecule has 0 bridgehead atoms. The Morgan fingerprint density at radius 1 is 0.398 bits per heavy atom. The standard InChI is InChI=1S/C74H145N2O6P/c1-6-8-10-12-14-16-18-20-22-24-26-28-30-31-32-33-34-35-36-37-38-39-40-41-42-43-44-46-48-50-52-54-56-58-60-62-64-66-68-74(78)75-72(71-82-83(79,80)81-70-69-76(3,4)5)73(77)67-65-63-61-59-57-55-53-51-49-47-45-29-27-25-23-21-19-17-15-13-11-9-7-2/h49,51,57,59,65,67,72-73,77H,6-48,50,52-56,58,60-64,66,68-71H2,1-5H3,(H-,75,78,79,80)/p+1/b51-49+,59-57+,67-65+. The lowest BCUT2D eigenvalue weighted by Gasteiger charge is -2.25. The van der Waals surface area contributed by atoms with Gasteiger partial charge in [0.2, 0.25) is 5.91 Å². The van der Waals surface area contributed by atoms with Crippen LogP contribution in [0.3, 0.4) is 0 Å². The minimum Gasteiger partial charge on any atom is -0.387 e. The molecule has 0 saturated heterocycles. The van der Waals surface area contributed by atoms with Crippen molar-refractivity contribution < 1.29 is 32.9 Å². The van der Waals surface area contributed by atoms with Gasteiger partial charge < -0.3 is 19.8 Å². The molecule has 0 rings (SSSR count). The quantitative estimate of drug-likeness (QED) is 0.0243. The number of rotatable bonds is 69. The monoisotopic (exact) mass is 1190 g/mol. The first-order chi connectivity index (χ1) is 40.5. The minimum absolute atomic E-state index is 0.0554. The van der Waals surface area contributed by atoms with Crippen molar-refractivity contribution >= 4 is 13.7 Å². The summed E-state index contributed by atoms with van der Waals surface area (Å²) in [6.07, 6.45) is 87.6. The predicted molar refractivity (Wildman–Crippen MR) is 365 cm³/mol. The van der Waals surface area contributed by atoms with E-state index in [1.54, 1.807) is 6.08 Å². The Bertz CT molecular complexity index is 1450. The molecule has 3 atom stereocenters. The third-order valence-corrected chi connectivity index (χ3v) is 18.1. The molecule has 8 nitrogen and oxygen atoms in total. The van der Waals surface area contributed by atoms with Gasteiger partial charge in [-0.05, 0) is 44.9 Å². The number of amides is 1. The molecule has 0 aliphatic carbocycles. The highest BCUT2D eigenvalue weighted by molar-refractivity contribution is 7.47. The number of phosphoric acid groups is 1. The van der Waals surface area contributed by atoms with Crippen LogP contribution >= 0.6 is 7.82 Å². The first kappa shape index (κ1) is 81.7. The Morgan fingerprint density at radius 3 is 0.964 bits per heavy atom. The molecule has 3 N–H and O–H groups in total. The van der Waals surface area contributed by atoms with E-state index in [-0.39, 0.29) is 19.1 Å². The van der Waals surface area contributed by atoms with Gasteiger partial charge in [-0.1, -0.05) is 365 Å². The average molecular weight is 1190 g/mol. The molecule has 1 amide bonds. The van der Waals surface area contributed by atoms with E-state index in [0.717, 1.165) is 44.9 Å². The van der Waals surface area contributed by atoms with E-state index < -0.39 is 20.0 Å². The number of aliphatic hydroxyl groups excluding tert-OH is 1. The molecule has 3 unspecified atom stereocenters. The van der Waals surface area contributed by atoms with Gasteiger partial charge in [0.25, 0.3) is 0 Å². The summed E-state index contributed by atoms with van der Waals surface area (Å²) in [7, 11) is 1.56. The molecule has 83 heavy (non-hydrogen) atoms. The number of aliphatic hydroxyl groups is 1. The molecule has 0 aromatic carbocycles. The van der Waals surface area contributed by atoms with Crippen LogP contribution in [0.1, 0.15) is 380 Å². The summed E-state index contributed by atoms with van der Waals surface area (Å²) in [5, 5.41) is 14.0. The van der Waals surface area contributed by atoms with Crippen LogP contribution in [0.5, 0.6) is 0 Å². The van der Waals surface area contributed by atoms with E-state index in [1.807, 2.05) is 27.2 Å². The number of nitrogens with one attached hydrogen (secondary N) is 1. The zero-order valence-corrected chi connectivity index (χ0v) is 57.4. The summed E-state index contributed by atoms with van der Waals surface area (Å²) in [4.78, 5) is 23.4. The summed E-state index contributed by atoms with van der Waals surface area (Å²) in [5.74, 6) is -0.183. The van der Waals surface area contributed by atoms with E-state index in [2.05, 4.69) is 43.5 Å². The third kappa shape index (κ3) is 68.1. The van der Waals surface area contributed by atoms with Crippen molar-refractivity contribution in [3.63, 3.8) is 0 Å². The molecule has 0 spiro atoms. The minimum atomic E-state index is -4.36. The third-order valence-electron chi connectivity index (χ3n) is 17.1. The zero-order chi connectivity index (χ0) is 60.5. The fourth-order valence-electron chi connectivity index (χ4n) is 11.4. The second-order valence-electron chi connectivity index (χ2n) is 26.7. The second-order valence-corrected chi connectivity index (χ2v) is 28.1. The molecule has 0 fully saturated rings. The molecule has 0 aliphatic heterocycles. The summed E-state index contributed by atoms with van der Waals surface area (Å²) in [6, 6.07) is -0.869. The molecular weight excluding hydrogens is 1040 g/mol. The van der Waals surface area contributed by atoms with E-state index in [0.29, 0.717) is 17.4 Å². The number of carbonyl (C=O) groups excluding carboxylic acids is 1. The van der Waals surface area contributed by atoms with Crippen LogP contribution in [-0.4, -0.2) is 73.4 Å². The first-order valence-corrected chi connectivity index (χ1v) is 38.4. The largest absolute Gasteiger partial charge is 0.472 e. The van der Waals surface area contributed by atoms with Crippen LogP contribution in [0.15, 0.2) is 36.5 Å². The summed E-state index contributed by atoms with van der Waals surface area (Å²) >= 11 is 0. The van der Waals surface area contributed by atoms with Crippen molar-refractivity contribution in [3.8, 4) is 0 Å². The Labute approximate surface area is 518 Å². The Morgan fingerprint density at radius 2 is 0.663 bits per heavy atom. The molecule has 492 valence electrons. The number of hydrogen-bond donors (Lipinski definition) is 3. The van der Waals surface area contributed by atoms with Crippen molar-refractivity contribution in [2.24, 2.45) is 0 Å². The van der Waals surface area contributed by atoms with Gasteiger partial charge in [-0.15, -0.1) is 0 Å². The number of nitrogens with zero attached hydrogens (tertiary/aromatic N) is 1. The summed E-state index contributed by atoms with van der Waals surface area (Å²) in [5.41, 5.74) is 0.